The van der Waals surface area contributed by atoms with E-state index in [1.54, 1.807) is 19.2 Å². The van der Waals surface area contributed by atoms with Crippen LogP contribution in [0.5, 0.6) is 5.75 Å². The van der Waals surface area contributed by atoms with Gasteiger partial charge in [0.15, 0.2) is 0 Å². The highest BCUT2D eigenvalue weighted by atomic mass is 16.6. The first-order chi connectivity index (χ1) is 15.7. The monoisotopic (exact) mass is 454 g/mol. The van der Waals surface area contributed by atoms with Crippen LogP contribution in [-0.4, -0.2) is 17.9 Å². The lowest BCUT2D eigenvalue weighted by Crippen LogP contribution is -2.28. The second-order valence-corrected chi connectivity index (χ2v) is 9.21. The summed E-state index contributed by atoms with van der Waals surface area (Å²) in [4.78, 5) is 22.6. The van der Waals surface area contributed by atoms with Crippen LogP contribution in [0.1, 0.15) is 63.1 Å². The summed E-state index contributed by atoms with van der Waals surface area (Å²) >= 11 is 0. The molecular formula is C27H38N2O4. The third-order valence-electron chi connectivity index (χ3n) is 6.70. The molecule has 1 amide bonds. The van der Waals surface area contributed by atoms with Crippen LogP contribution >= 0.6 is 0 Å². The van der Waals surface area contributed by atoms with Gasteiger partial charge in [0, 0.05) is 29.3 Å². The zero-order chi connectivity index (χ0) is 24.5. The Kier molecular flexibility index (Phi) is 9.89. The molecular weight excluding hydrogens is 416 g/mol. The van der Waals surface area contributed by atoms with Crippen LogP contribution in [0.15, 0.2) is 36.4 Å². The van der Waals surface area contributed by atoms with Gasteiger partial charge in [0.25, 0.3) is 5.69 Å². The van der Waals surface area contributed by atoms with E-state index < -0.39 is 0 Å². The zero-order valence-electron chi connectivity index (χ0n) is 20.8. The Bertz CT molecular complexity index is 947. The number of carbonyl (C=O) groups excluding carboxylic acids is 1. The number of methoxy groups -OCH3 is 1. The number of nitro groups is 1. The Labute approximate surface area is 197 Å². The third kappa shape index (κ3) is 7.31. The summed E-state index contributed by atoms with van der Waals surface area (Å²) in [5.74, 6) is 2.65. The molecule has 2 aromatic rings. The van der Waals surface area contributed by atoms with Gasteiger partial charge in [-0.15, -0.1) is 0 Å². The standard InChI is InChI=1S/C18H27NO2.C9H11NO2/c1-12(2)14-6-8-15(9-7-14)18(20)19-16-10-5-13(3)17(11-16)21-4;1-3-8-7(2)5-4-6-9(8)10(11)12/h5,10-12,14-15H,6-9H2,1-4H3,(H,19,20);4-6H,3H2,1-2H3. The van der Waals surface area contributed by atoms with Gasteiger partial charge >= 0.3 is 0 Å². The van der Waals surface area contributed by atoms with Crippen LogP contribution in [-0.2, 0) is 11.2 Å². The normalized spacial score (nSPS) is 17.7. The smallest absolute Gasteiger partial charge is 0.272 e. The predicted octanol–water partition coefficient (Wildman–Crippen LogP) is 6.87. The number of nitrogens with one attached hydrogen (secondary N) is 1. The molecule has 6 nitrogen and oxygen atoms in total. The first-order valence-electron chi connectivity index (χ1n) is 11.9. The first kappa shape index (κ1) is 26.4. The Morgan fingerprint density at radius 3 is 2.30 bits per heavy atom. The summed E-state index contributed by atoms with van der Waals surface area (Å²) in [6.45, 7) is 10.4. The van der Waals surface area contributed by atoms with Crippen molar-refractivity contribution in [2.75, 3.05) is 12.4 Å². The number of ether oxygens (including phenoxy) is 1. The van der Waals surface area contributed by atoms with Gasteiger partial charge < -0.3 is 10.1 Å². The van der Waals surface area contributed by atoms with Crippen molar-refractivity contribution in [2.45, 2.75) is 66.7 Å². The van der Waals surface area contributed by atoms with Gasteiger partial charge in [0.1, 0.15) is 5.75 Å². The summed E-state index contributed by atoms with van der Waals surface area (Å²) < 4.78 is 5.30. The van der Waals surface area contributed by atoms with Gasteiger partial charge in [-0.2, -0.15) is 0 Å². The number of carbonyl (C=O) groups is 1. The van der Waals surface area contributed by atoms with E-state index in [9.17, 15) is 14.9 Å². The lowest BCUT2D eigenvalue weighted by Gasteiger charge is -2.30. The van der Waals surface area contributed by atoms with Gasteiger partial charge in [-0.1, -0.05) is 39.0 Å². The molecule has 33 heavy (non-hydrogen) atoms. The number of rotatable bonds is 6. The maximum Gasteiger partial charge on any atom is 0.272 e. The number of nitro benzene ring substituents is 1. The molecule has 1 saturated carbocycles. The van der Waals surface area contributed by atoms with E-state index >= 15 is 0 Å². The number of hydrogen-bond acceptors (Lipinski definition) is 4. The molecule has 0 bridgehead atoms. The van der Waals surface area contributed by atoms with Crippen LogP contribution < -0.4 is 10.1 Å². The highest BCUT2D eigenvalue weighted by molar-refractivity contribution is 5.92. The average molecular weight is 455 g/mol. The Balaban J connectivity index is 0.000000273. The van der Waals surface area contributed by atoms with Gasteiger partial charge in [0.2, 0.25) is 5.91 Å². The fourth-order valence-corrected chi connectivity index (χ4v) is 4.51. The van der Waals surface area contributed by atoms with Crippen molar-refractivity contribution in [3.8, 4) is 5.75 Å². The number of amides is 1. The van der Waals surface area contributed by atoms with E-state index in [4.69, 9.17) is 4.74 Å². The summed E-state index contributed by atoms with van der Waals surface area (Å²) in [6.07, 6.45) is 5.08. The molecule has 0 aromatic heterocycles. The minimum Gasteiger partial charge on any atom is -0.496 e. The molecule has 1 aliphatic carbocycles. The predicted molar refractivity (Wildman–Crippen MR) is 134 cm³/mol. The summed E-state index contributed by atoms with van der Waals surface area (Å²) in [6, 6.07) is 11.0. The first-order valence-corrected chi connectivity index (χ1v) is 11.9. The van der Waals surface area contributed by atoms with Crippen LogP contribution in [0.25, 0.3) is 0 Å². The van der Waals surface area contributed by atoms with E-state index in [1.165, 1.54) is 12.8 Å². The quantitative estimate of drug-likeness (QED) is 0.381. The van der Waals surface area contributed by atoms with Crippen molar-refractivity contribution >= 4 is 17.3 Å². The van der Waals surface area contributed by atoms with Crippen molar-refractivity contribution in [3.05, 3.63) is 63.2 Å². The fraction of sp³-hybridized carbons (Fsp3) is 0.519. The SMILES string of the molecule is CCc1c(C)cccc1[N+](=O)[O-].COc1cc(NC(=O)C2CCC(C(C)C)CC2)ccc1C. The molecule has 0 radical (unpaired) electrons. The zero-order valence-corrected chi connectivity index (χ0v) is 20.8. The van der Waals surface area contributed by atoms with Gasteiger partial charge in [-0.25, -0.2) is 0 Å². The minimum absolute atomic E-state index is 0.156. The third-order valence-corrected chi connectivity index (χ3v) is 6.70. The molecule has 1 aliphatic rings. The molecule has 1 N–H and O–H groups in total. The van der Waals surface area contributed by atoms with Crippen molar-refractivity contribution in [1.82, 2.24) is 0 Å². The van der Waals surface area contributed by atoms with Crippen molar-refractivity contribution in [1.29, 1.82) is 0 Å². The Morgan fingerprint density at radius 1 is 1.12 bits per heavy atom. The maximum atomic E-state index is 12.4. The number of benzene rings is 2. The summed E-state index contributed by atoms with van der Waals surface area (Å²) in [7, 11) is 1.65. The Hall–Kier alpha value is -2.89. The van der Waals surface area contributed by atoms with Crippen LogP contribution in [0, 0.1) is 41.7 Å². The van der Waals surface area contributed by atoms with E-state index in [0.717, 1.165) is 52.8 Å². The maximum absolute atomic E-state index is 12.4. The largest absolute Gasteiger partial charge is 0.496 e. The molecule has 0 heterocycles. The van der Waals surface area contributed by atoms with Crippen molar-refractivity contribution in [3.63, 3.8) is 0 Å². The molecule has 0 unspecified atom stereocenters. The van der Waals surface area contributed by atoms with Crippen LogP contribution in [0.2, 0.25) is 0 Å². The lowest BCUT2D eigenvalue weighted by molar-refractivity contribution is -0.385. The molecule has 0 saturated heterocycles. The molecule has 3 rings (SSSR count). The van der Waals surface area contributed by atoms with E-state index in [0.29, 0.717) is 6.42 Å². The lowest BCUT2D eigenvalue weighted by atomic mass is 9.76. The topological polar surface area (TPSA) is 81.5 Å². The van der Waals surface area contributed by atoms with Gasteiger partial charge in [0.05, 0.1) is 12.0 Å². The number of hydrogen-bond donors (Lipinski definition) is 1. The highest BCUT2D eigenvalue weighted by Gasteiger charge is 2.27. The fourth-order valence-electron chi connectivity index (χ4n) is 4.51. The molecule has 0 atom stereocenters. The molecule has 0 spiro atoms. The van der Waals surface area contributed by atoms with Crippen molar-refractivity contribution < 1.29 is 14.5 Å². The van der Waals surface area contributed by atoms with Crippen LogP contribution in [0.4, 0.5) is 11.4 Å². The van der Waals surface area contributed by atoms with Gasteiger partial charge in [-0.05, 0) is 75.0 Å². The summed E-state index contributed by atoms with van der Waals surface area (Å²) in [5, 5.41) is 13.6. The molecule has 6 heteroatoms. The number of anilines is 1. The number of aryl methyl sites for hydroxylation is 2. The Morgan fingerprint density at radius 2 is 1.79 bits per heavy atom. The molecule has 1 fully saturated rings. The minimum atomic E-state index is -0.328. The summed E-state index contributed by atoms with van der Waals surface area (Å²) in [5.41, 5.74) is 3.97. The highest BCUT2D eigenvalue weighted by Crippen LogP contribution is 2.34. The second-order valence-electron chi connectivity index (χ2n) is 9.21. The second kappa shape index (κ2) is 12.4. The van der Waals surface area contributed by atoms with E-state index in [1.807, 2.05) is 45.0 Å². The van der Waals surface area contributed by atoms with Gasteiger partial charge in [-0.3, -0.25) is 14.9 Å². The average Bonchev–Trinajstić information content (AvgIpc) is 2.80. The van der Waals surface area contributed by atoms with E-state index in [2.05, 4.69) is 19.2 Å². The molecule has 0 aliphatic heterocycles. The number of nitrogens with zero attached hydrogens (tertiary/aromatic N) is 1. The van der Waals surface area contributed by atoms with Crippen molar-refractivity contribution in [2.24, 2.45) is 17.8 Å². The van der Waals surface area contributed by atoms with Crippen LogP contribution in [0.3, 0.4) is 0 Å². The molecule has 2 aromatic carbocycles. The molecule has 180 valence electrons. The van der Waals surface area contributed by atoms with E-state index in [-0.39, 0.29) is 22.4 Å².